The van der Waals surface area contributed by atoms with Gasteiger partial charge in [-0.05, 0) is 25.6 Å². The summed E-state index contributed by atoms with van der Waals surface area (Å²) in [7, 11) is 0. The van der Waals surface area contributed by atoms with Crippen LogP contribution in [0.15, 0.2) is 18.2 Å². The van der Waals surface area contributed by atoms with Gasteiger partial charge in [-0.15, -0.1) is 0 Å². The fourth-order valence-electron chi connectivity index (χ4n) is 2.10. The molecular weight excluding hydrogens is 341 g/mol. The summed E-state index contributed by atoms with van der Waals surface area (Å²) in [6, 6.07) is 2.33. The van der Waals surface area contributed by atoms with E-state index in [1.807, 2.05) is 13.8 Å². The molecule has 0 aromatic heterocycles. The first-order chi connectivity index (χ1) is 11.6. The second-order valence-electron chi connectivity index (χ2n) is 5.43. The number of amides is 1. The summed E-state index contributed by atoms with van der Waals surface area (Å²) in [4.78, 5) is 21.7. The third-order valence-electron chi connectivity index (χ3n) is 3.35. The highest BCUT2D eigenvalue weighted by Crippen LogP contribution is 2.34. The highest BCUT2D eigenvalue weighted by Gasteiger charge is 2.33. The summed E-state index contributed by atoms with van der Waals surface area (Å²) >= 11 is 0. The molecule has 0 aliphatic heterocycles. The van der Waals surface area contributed by atoms with Crippen LogP contribution in [0.5, 0.6) is 0 Å². The predicted octanol–water partition coefficient (Wildman–Crippen LogP) is 2.53. The van der Waals surface area contributed by atoms with Crippen molar-refractivity contribution in [1.29, 1.82) is 0 Å². The lowest BCUT2D eigenvalue weighted by atomic mass is 10.1. The third kappa shape index (κ3) is 6.96. The lowest BCUT2D eigenvalue weighted by molar-refractivity contribution is -0.384. The molecule has 1 amide bonds. The van der Waals surface area contributed by atoms with Crippen LogP contribution in [0.4, 0.5) is 24.5 Å². The second kappa shape index (κ2) is 9.21. The molecule has 0 heterocycles. The van der Waals surface area contributed by atoms with Gasteiger partial charge in [0, 0.05) is 31.6 Å². The number of rotatable bonds is 9. The molecule has 0 fully saturated rings. The van der Waals surface area contributed by atoms with E-state index in [2.05, 4.69) is 16.0 Å². The zero-order chi connectivity index (χ0) is 19.0. The highest BCUT2D eigenvalue weighted by atomic mass is 19.4. The molecule has 1 aromatic carbocycles. The maximum absolute atomic E-state index is 12.6. The quantitative estimate of drug-likeness (QED) is 0.463. The van der Waals surface area contributed by atoms with Crippen LogP contribution in [0.25, 0.3) is 0 Å². The van der Waals surface area contributed by atoms with E-state index in [0.717, 1.165) is 18.7 Å². The Kier molecular flexibility index (Phi) is 7.62. The number of likely N-dealkylation sites (N-methyl/N-ethyl adjacent to an activating group) is 1. The Balaban J connectivity index is 2.59. The number of nitrogens with zero attached hydrogens (tertiary/aromatic N) is 1. The first-order valence-corrected chi connectivity index (χ1v) is 7.74. The Hall–Kier alpha value is -2.36. The fourth-order valence-corrected chi connectivity index (χ4v) is 2.10. The van der Waals surface area contributed by atoms with E-state index in [-0.39, 0.29) is 30.6 Å². The zero-order valence-electron chi connectivity index (χ0n) is 13.9. The molecule has 25 heavy (non-hydrogen) atoms. The number of halogens is 3. The first kappa shape index (κ1) is 20.7. The van der Waals surface area contributed by atoms with Crippen LogP contribution >= 0.6 is 0 Å². The van der Waals surface area contributed by atoms with Crippen LogP contribution in [0.1, 0.15) is 25.8 Å². The molecule has 0 bridgehead atoms. The molecular formula is C15H21F3N4O3. The molecule has 0 spiro atoms. The summed E-state index contributed by atoms with van der Waals surface area (Å²) < 4.78 is 37.9. The van der Waals surface area contributed by atoms with Crippen molar-refractivity contribution in [3.8, 4) is 0 Å². The predicted molar refractivity (Wildman–Crippen MR) is 87.4 cm³/mol. The molecule has 10 heteroatoms. The minimum atomic E-state index is -4.66. The molecule has 0 unspecified atom stereocenters. The average molecular weight is 362 g/mol. The van der Waals surface area contributed by atoms with Crippen molar-refractivity contribution in [2.75, 3.05) is 25.0 Å². The summed E-state index contributed by atoms with van der Waals surface area (Å²) in [5.41, 5.74) is -1.84. The molecule has 1 aromatic rings. The molecule has 0 radical (unpaired) electrons. The number of hydrogen-bond donors (Lipinski definition) is 3. The standard InChI is InChI=1S/C15H21F3N4O3/c1-3-19-10(2)9-21-14(23)6-7-20-12-5-4-11(15(16,17)18)8-13(12)22(24)25/h4-5,8,10,19-20H,3,6-7,9H2,1-2H3,(H,21,23)/t10-/m1/s1. The minimum Gasteiger partial charge on any atom is -0.379 e. The minimum absolute atomic E-state index is 0.0387. The van der Waals surface area contributed by atoms with Crippen LogP contribution in [0.2, 0.25) is 0 Å². The van der Waals surface area contributed by atoms with Gasteiger partial charge in [-0.1, -0.05) is 6.92 Å². The number of nitro groups is 1. The number of nitrogens with one attached hydrogen (secondary N) is 3. The van der Waals surface area contributed by atoms with Gasteiger partial charge < -0.3 is 16.0 Å². The highest BCUT2D eigenvalue weighted by molar-refractivity contribution is 5.76. The van der Waals surface area contributed by atoms with Gasteiger partial charge in [-0.2, -0.15) is 13.2 Å². The molecule has 3 N–H and O–H groups in total. The van der Waals surface area contributed by atoms with Crippen molar-refractivity contribution < 1.29 is 22.9 Å². The van der Waals surface area contributed by atoms with Gasteiger partial charge in [0.15, 0.2) is 0 Å². The number of benzene rings is 1. The third-order valence-corrected chi connectivity index (χ3v) is 3.35. The summed E-state index contributed by atoms with van der Waals surface area (Å²) in [6.07, 6.45) is -4.62. The van der Waals surface area contributed by atoms with E-state index in [1.54, 1.807) is 0 Å². The summed E-state index contributed by atoms with van der Waals surface area (Å²) in [5.74, 6) is -0.258. The molecule has 140 valence electrons. The maximum Gasteiger partial charge on any atom is 0.416 e. The fraction of sp³-hybridized carbons (Fsp3) is 0.533. The van der Waals surface area contributed by atoms with Crippen molar-refractivity contribution in [1.82, 2.24) is 10.6 Å². The van der Waals surface area contributed by atoms with Crippen molar-refractivity contribution in [3.63, 3.8) is 0 Å². The number of alkyl halides is 3. The number of nitro benzene ring substituents is 1. The molecule has 0 saturated heterocycles. The van der Waals surface area contributed by atoms with E-state index in [9.17, 15) is 28.1 Å². The van der Waals surface area contributed by atoms with Crippen molar-refractivity contribution in [3.05, 3.63) is 33.9 Å². The molecule has 0 aliphatic carbocycles. The van der Waals surface area contributed by atoms with E-state index in [1.165, 1.54) is 0 Å². The lowest BCUT2D eigenvalue weighted by Gasteiger charge is -2.13. The molecule has 0 aliphatic rings. The monoisotopic (exact) mass is 362 g/mol. The molecule has 1 atom stereocenters. The lowest BCUT2D eigenvalue weighted by Crippen LogP contribution is -2.39. The van der Waals surface area contributed by atoms with Gasteiger partial charge in [0.2, 0.25) is 5.91 Å². The number of carbonyl (C=O) groups is 1. The number of anilines is 1. The molecule has 1 rings (SSSR count). The van der Waals surface area contributed by atoms with Gasteiger partial charge in [-0.3, -0.25) is 14.9 Å². The normalized spacial score (nSPS) is 12.5. The Morgan fingerprint density at radius 3 is 2.60 bits per heavy atom. The molecule has 7 nitrogen and oxygen atoms in total. The Labute approximate surface area is 143 Å². The largest absolute Gasteiger partial charge is 0.416 e. The smallest absolute Gasteiger partial charge is 0.379 e. The van der Waals surface area contributed by atoms with Gasteiger partial charge in [-0.25, -0.2) is 0 Å². The van der Waals surface area contributed by atoms with E-state index in [4.69, 9.17) is 0 Å². The van der Waals surface area contributed by atoms with Gasteiger partial charge in [0.1, 0.15) is 5.69 Å². The van der Waals surface area contributed by atoms with E-state index < -0.39 is 22.4 Å². The van der Waals surface area contributed by atoms with Gasteiger partial charge in [0.25, 0.3) is 5.69 Å². The van der Waals surface area contributed by atoms with Crippen LogP contribution in [0, 0.1) is 10.1 Å². The second-order valence-corrected chi connectivity index (χ2v) is 5.43. The van der Waals surface area contributed by atoms with Crippen molar-refractivity contribution in [2.24, 2.45) is 0 Å². The number of hydrogen-bond acceptors (Lipinski definition) is 5. The first-order valence-electron chi connectivity index (χ1n) is 7.74. The van der Waals surface area contributed by atoms with Crippen LogP contribution in [-0.4, -0.2) is 36.5 Å². The Morgan fingerprint density at radius 1 is 1.36 bits per heavy atom. The van der Waals surface area contributed by atoms with Crippen LogP contribution in [-0.2, 0) is 11.0 Å². The molecule has 0 saturated carbocycles. The topological polar surface area (TPSA) is 96.3 Å². The van der Waals surface area contributed by atoms with E-state index >= 15 is 0 Å². The van der Waals surface area contributed by atoms with Gasteiger partial charge >= 0.3 is 6.18 Å². The zero-order valence-corrected chi connectivity index (χ0v) is 13.9. The van der Waals surface area contributed by atoms with E-state index in [0.29, 0.717) is 12.6 Å². The van der Waals surface area contributed by atoms with Crippen LogP contribution < -0.4 is 16.0 Å². The summed E-state index contributed by atoms with van der Waals surface area (Å²) in [5, 5.41) is 19.4. The average Bonchev–Trinajstić information content (AvgIpc) is 2.52. The maximum atomic E-state index is 12.6. The summed E-state index contributed by atoms with van der Waals surface area (Å²) in [6.45, 7) is 5.13. The number of carbonyl (C=O) groups excluding carboxylic acids is 1. The van der Waals surface area contributed by atoms with Crippen LogP contribution in [0.3, 0.4) is 0 Å². The Morgan fingerprint density at radius 2 is 2.04 bits per heavy atom. The van der Waals surface area contributed by atoms with Gasteiger partial charge in [0.05, 0.1) is 10.5 Å². The SMILES string of the molecule is CCN[C@H](C)CNC(=O)CCNc1ccc(C(F)(F)F)cc1[N+](=O)[O-]. The van der Waals surface area contributed by atoms with Crippen molar-refractivity contribution >= 4 is 17.3 Å². The van der Waals surface area contributed by atoms with Crippen molar-refractivity contribution in [2.45, 2.75) is 32.5 Å². The Bertz CT molecular complexity index is 608.